The van der Waals surface area contributed by atoms with Crippen LogP contribution in [0.2, 0.25) is 0 Å². The lowest BCUT2D eigenvalue weighted by Gasteiger charge is -2.37. The fourth-order valence-corrected chi connectivity index (χ4v) is 4.86. The second-order valence-corrected chi connectivity index (χ2v) is 10.0. The third-order valence-corrected chi connectivity index (χ3v) is 6.57. The predicted molar refractivity (Wildman–Crippen MR) is 122 cm³/mol. The quantitative estimate of drug-likeness (QED) is 0.652. The largest absolute Gasteiger partial charge is 0.469 e. The van der Waals surface area contributed by atoms with Crippen molar-refractivity contribution in [3.8, 4) is 0 Å². The van der Waals surface area contributed by atoms with Crippen LogP contribution in [0.15, 0.2) is 24.3 Å². The highest BCUT2D eigenvalue weighted by Gasteiger charge is 2.32. The second kappa shape index (κ2) is 10.4. The maximum atomic E-state index is 12.4. The van der Waals surface area contributed by atoms with Gasteiger partial charge in [0.05, 0.1) is 7.11 Å². The van der Waals surface area contributed by atoms with Crippen LogP contribution < -0.4 is 5.32 Å². The summed E-state index contributed by atoms with van der Waals surface area (Å²) in [6, 6.07) is 8.50. The van der Waals surface area contributed by atoms with Crippen molar-refractivity contribution in [2.75, 3.05) is 32.1 Å². The van der Waals surface area contributed by atoms with Gasteiger partial charge in [0.2, 0.25) is 0 Å². The summed E-state index contributed by atoms with van der Waals surface area (Å²) in [5, 5.41) is 3.59. The smallest absolute Gasteiger partial charge is 0.410 e. The number of likely N-dealkylation sites (tertiary alicyclic amines) is 1. The van der Waals surface area contributed by atoms with Crippen molar-refractivity contribution >= 4 is 17.7 Å². The van der Waals surface area contributed by atoms with E-state index in [-0.39, 0.29) is 12.1 Å². The van der Waals surface area contributed by atoms with Crippen LogP contribution >= 0.6 is 0 Å². The van der Waals surface area contributed by atoms with Crippen LogP contribution in [0, 0.1) is 17.8 Å². The SMILES string of the molecule is COC(=O)CC[C@H](CC1CCN(C(=O)OC(C)(C)C)CC1)[C@@H]1CNc2ccccc2C1. The average Bonchev–Trinajstić information content (AvgIpc) is 2.75. The molecule has 2 aliphatic heterocycles. The summed E-state index contributed by atoms with van der Waals surface area (Å²) in [4.78, 5) is 26.0. The number of rotatable bonds is 6. The minimum atomic E-state index is -0.461. The maximum Gasteiger partial charge on any atom is 0.410 e. The molecule has 0 bridgehead atoms. The molecule has 0 unspecified atom stereocenters. The zero-order valence-electron chi connectivity index (χ0n) is 19.5. The van der Waals surface area contributed by atoms with Gasteiger partial charge in [0.15, 0.2) is 0 Å². The minimum Gasteiger partial charge on any atom is -0.469 e. The fourth-order valence-electron chi connectivity index (χ4n) is 4.86. The first kappa shape index (κ1) is 23.4. The Labute approximate surface area is 186 Å². The number of hydrogen-bond acceptors (Lipinski definition) is 5. The standard InChI is InChI=1S/C25H38N2O4/c1-25(2,3)31-24(29)27-13-11-18(12-14-27)15-19(9-10-23(28)30-4)21-16-20-7-5-6-8-22(20)26-17-21/h5-8,18-19,21,26H,9-17H2,1-4H3/t19-,21+/m1/s1. The molecular formula is C25H38N2O4. The molecule has 1 aromatic carbocycles. The first-order valence-electron chi connectivity index (χ1n) is 11.6. The third-order valence-electron chi connectivity index (χ3n) is 6.57. The number of hydrogen-bond donors (Lipinski definition) is 1. The van der Waals surface area contributed by atoms with E-state index in [0.717, 1.165) is 51.7 Å². The van der Waals surface area contributed by atoms with Crippen molar-refractivity contribution in [2.24, 2.45) is 17.8 Å². The summed E-state index contributed by atoms with van der Waals surface area (Å²) in [5.41, 5.74) is 2.13. The molecule has 0 radical (unpaired) electrons. The highest BCUT2D eigenvalue weighted by molar-refractivity contribution is 5.69. The van der Waals surface area contributed by atoms with Gasteiger partial charge in [-0.3, -0.25) is 4.79 Å². The van der Waals surface area contributed by atoms with Crippen molar-refractivity contribution in [1.82, 2.24) is 4.90 Å². The molecule has 1 aromatic rings. The molecule has 0 saturated carbocycles. The summed E-state index contributed by atoms with van der Waals surface area (Å²) in [6.07, 6.45) is 5.24. The van der Waals surface area contributed by atoms with E-state index in [2.05, 4.69) is 29.6 Å². The molecule has 0 aliphatic carbocycles. The lowest BCUT2D eigenvalue weighted by Crippen LogP contribution is -2.42. The van der Waals surface area contributed by atoms with Crippen molar-refractivity contribution in [1.29, 1.82) is 0 Å². The first-order valence-corrected chi connectivity index (χ1v) is 11.6. The van der Waals surface area contributed by atoms with Gasteiger partial charge < -0.3 is 19.7 Å². The molecule has 2 heterocycles. The van der Waals surface area contributed by atoms with Crippen LogP contribution in [0.4, 0.5) is 10.5 Å². The molecule has 0 aromatic heterocycles. The molecule has 1 N–H and O–H groups in total. The lowest BCUT2D eigenvalue weighted by molar-refractivity contribution is -0.141. The second-order valence-electron chi connectivity index (χ2n) is 10.0. The van der Waals surface area contributed by atoms with Crippen molar-refractivity contribution < 1.29 is 19.1 Å². The molecule has 31 heavy (non-hydrogen) atoms. The Morgan fingerprint density at radius 1 is 1.19 bits per heavy atom. The Hall–Kier alpha value is -2.24. The van der Waals surface area contributed by atoms with Crippen molar-refractivity contribution in [3.63, 3.8) is 0 Å². The monoisotopic (exact) mass is 430 g/mol. The average molecular weight is 431 g/mol. The van der Waals surface area contributed by atoms with Crippen molar-refractivity contribution in [2.45, 2.75) is 64.9 Å². The van der Waals surface area contributed by atoms with E-state index in [4.69, 9.17) is 9.47 Å². The highest BCUT2D eigenvalue weighted by Crippen LogP contribution is 2.36. The van der Waals surface area contributed by atoms with E-state index in [1.807, 2.05) is 25.7 Å². The maximum absolute atomic E-state index is 12.4. The topological polar surface area (TPSA) is 67.9 Å². The van der Waals surface area contributed by atoms with E-state index in [9.17, 15) is 9.59 Å². The molecule has 1 fully saturated rings. The van der Waals surface area contributed by atoms with Gasteiger partial charge in [-0.15, -0.1) is 0 Å². The summed E-state index contributed by atoms with van der Waals surface area (Å²) in [5.74, 6) is 1.40. The zero-order valence-corrected chi connectivity index (χ0v) is 19.5. The summed E-state index contributed by atoms with van der Waals surface area (Å²) in [7, 11) is 1.46. The van der Waals surface area contributed by atoms with Gasteiger partial charge in [0, 0.05) is 31.7 Å². The van der Waals surface area contributed by atoms with Gasteiger partial charge >= 0.3 is 12.1 Å². The number of piperidine rings is 1. The minimum absolute atomic E-state index is 0.131. The summed E-state index contributed by atoms with van der Waals surface area (Å²) < 4.78 is 10.4. The van der Waals surface area contributed by atoms with E-state index < -0.39 is 5.60 Å². The summed E-state index contributed by atoms with van der Waals surface area (Å²) >= 11 is 0. The Kier molecular flexibility index (Phi) is 7.84. The normalized spacial score (nSPS) is 20.4. The molecule has 2 aliphatic rings. The number of para-hydroxylation sites is 1. The number of carbonyl (C=O) groups excluding carboxylic acids is 2. The summed E-state index contributed by atoms with van der Waals surface area (Å²) in [6.45, 7) is 8.14. The number of anilines is 1. The molecule has 6 nitrogen and oxygen atoms in total. The van der Waals surface area contributed by atoms with Gasteiger partial charge in [0.25, 0.3) is 0 Å². The number of ether oxygens (including phenoxy) is 2. The molecule has 2 atom stereocenters. The number of esters is 1. The molecule has 1 saturated heterocycles. The van der Waals surface area contributed by atoms with Gasteiger partial charge in [-0.2, -0.15) is 0 Å². The Morgan fingerprint density at radius 2 is 1.90 bits per heavy atom. The Balaban J connectivity index is 1.58. The van der Waals surface area contributed by atoms with Gasteiger partial charge in [-0.05, 0) is 82.3 Å². The van der Waals surface area contributed by atoms with Crippen molar-refractivity contribution in [3.05, 3.63) is 29.8 Å². The number of amides is 1. The molecule has 6 heteroatoms. The molecular weight excluding hydrogens is 392 g/mol. The molecule has 0 spiro atoms. The zero-order chi connectivity index (χ0) is 22.4. The Morgan fingerprint density at radius 3 is 2.58 bits per heavy atom. The van der Waals surface area contributed by atoms with E-state index in [1.165, 1.54) is 18.4 Å². The number of benzene rings is 1. The van der Waals surface area contributed by atoms with Crippen LogP contribution in [0.3, 0.4) is 0 Å². The van der Waals surface area contributed by atoms with Gasteiger partial charge in [-0.1, -0.05) is 18.2 Å². The number of methoxy groups -OCH3 is 1. The van der Waals surface area contributed by atoms with Crippen LogP contribution in [0.1, 0.15) is 58.4 Å². The van der Waals surface area contributed by atoms with E-state index >= 15 is 0 Å². The van der Waals surface area contributed by atoms with Crippen LogP contribution in [-0.4, -0.2) is 49.3 Å². The highest BCUT2D eigenvalue weighted by atomic mass is 16.6. The first-order chi connectivity index (χ1) is 14.7. The fraction of sp³-hybridized carbons (Fsp3) is 0.680. The molecule has 1 amide bonds. The van der Waals surface area contributed by atoms with Crippen LogP contribution in [-0.2, 0) is 20.7 Å². The lowest BCUT2D eigenvalue weighted by atomic mass is 9.75. The molecule has 172 valence electrons. The number of carbonyl (C=O) groups is 2. The van der Waals surface area contributed by atoms with E-state index in [0.29, 0.717) is 24.2 Å². The number of nitrogens with one attached hydrogen (secondary N) is 1. The Bertz CT molecular complexity index is 750. The molecule has 3 rings (SSSR count). The van der Waals surface area contributed by atoms with Crippen LogP contribution in [0.25, 0.3) is 0 Å². The van der Waals surface area contributed by atoms with E-state index in [1.54, 1.807) is 0 Å². The van der Waals surface area contributed by atoms with Gasteiger partial charge in [-0.25, -0.2) is 4.79 Å². The number of nitrogens with zero attached hydrogens (tertiary/aromatic N) is 1. The predicted octanol–water partition coefficient (Wildman–Crippen LogP) is 4.88. The van der Waals surface area contributed by atoms with Crippen LogP contribution in [0.5, 0.6) is 0 Å². The number of fused-ring (bicyclic) bond motifs is 1. The third kappa shape index (κ3) is 6.88. The van der Waals surface area contributed by atoms with Gasteiger partial charge in [0.1, 0.15) is 5.60 Å².